The van der Waals surface area contributed by atoms with Gasteiger partial charge in [0.05, 0.1) is 6.04 Å². The van der Waals surface area contributed by atoms with Crippen molar-refractivity contribution in [3.8, 4) is 0 Å². The molecule has 0 heterocycles. The molecule has 0 fully saturated rings. The van der Waals surface area contributed by atoms with E-state index in [4.69, 9.17) is 10.8 Å². The quantitative estimate of drug-likeness (QED) is 0.574. The number of unbranched alkanes of at least 4 members (excludes halogenated alkanes) is 1. The van der Waals surface area contributed by atoms with Gasteiger partial charge in [-0.15, -0.1) is 0 Å². The highest BCUT2D eigenvalue weighted by Crippen LogP contribution is 2.20. The van der Waals surface area contributed by atoms with E-state index in [-0.39, 0.29) is 24.0 Å². The molecule has 0 aliphatic rings. The number of nitrogens with two attached hydrogens (primary N) is 1. The smallest absolute Gasteiger partial charge is 0.236 e. The molecule has 0 aliphatic carbocycles. The van der Waals surface area contributed by atoms with Crippen molar-refractivity contribution < 1.29 is 9.90 Å². The zero-order valence-corrected chi connectivity index (χ0v) is 11.5. The molecule has 0 spiro atoms. The lowest BCUT2D eigenvalue weighted by atomic mass is 9.88. The van der Waals surface area contributed by atoms with Gasteiger partial charge in [-0.25, -0.2) is 0 Å². The minimum Gasteiger partial charge on any atom is -0.396 e. The van der Waals surface area contributed by atoms with Crippen LogP contribution < -0.4 is 11.1 Å². The van der Waals surface area contributed by atoms with Crippen LogP contribution in [0.3, 0.4) is 0 Å². The van der Waals surface area contributed by atoms with Gasteiger partial charge in [0.15, 0.2) is 0 Å². The minimum absolute atomic E-state index is 0.0167. The van der Waals surface area contributed by atoms with E-state index in [9.17, 15) is 4.79 Å². The van der Waals surface area contributed by atoms with E-state index < -0.39 is 0 Å². The molecule has 0 aliphatic heterocycles. The first-order valence-electron chi connectivity index (χ1n) is 6.57. The number of carbonyl (C=O) groups is 1. The van der Waals surface area contributed by atoms with E-state index in [0.717, 1.165) is 32.1 Å². The normalized spacial score (nSPS) is 13.5. The molecule has 4 nitrogen and oxygen atoms in total. The maximum atomic E-state index is 11.7. The molecule has 1 amide bonds. The Kier molecular flexibility index (Phi) is 8.17. The van der Waals surface area contributed by atoms with Gasteiger partial charge in [-0.3, -0.25) is 4.79 Å². The van der Waals surface area contributed by atoms with Crippen molar-refractivity contribution >= 4 is 5.91 Å². The fraction of sp³-hybridized carbons (Fsp3) is 0.923. The molecule has 4 N–H and O–H groups in total. The molecule has 0 saturated heterocycles. The van der Waals surface area contributed by atoms with Gasteiger partial charge in [0.2, 0.25) is 5.91 Å². The van der Waals surface area contributed by atoms with E-state index in [0.29, 0.717) is 6.54 Å². The van der Waals surface area contributed by atoms with E-state index in [2.05, 4.69) is 26.1 Å². The zero-order valence-electron chi connectivity index (χ0n) is 11.5. The Bertz CT molecular complexity index is 217. The lowest BCUT2D eigenvalue weighted by molar-refractivity contribution is -0.123. The van der Waals surface area contributed by atoms with Crippen LogP contribution in [0.5, 0.6) is 0 Å². The SMILES string of the molecule is CCCC[C@H](N)C(=O)NCC(C)(C)CCCO. The number of carbonyl (C=O) groups excluding carboxylic acids is 1. The molecule has 0 aromatic heterocycles. The highest BCUT2D eigenvalue weighted by Gasteiger charge is 2.20. The summed E-state index contributed by atoms with van der Waals surface area (Å²) in [6.07, 6.45) is 4.46. The first-order valence-corrected chi connectivity index (χ1v) is 6.57. The summed E-state index contributed by atoms with van der Waals surface area (Å²) in [6.45, 7) is 7.07. The summed E-state index contributed by atoms with van der Waals surface area (Å²) in [5.74, 6) is -0.0597. The lowest BCUT2D eigenvalue weighted by Gasteiger charge is -2.25. The summed E-state index contributed by atoms with van der Waals surface area (Å²) in [6, 6.07) is -0.386. The molecule has 0 rings (SSSR count). The monoisotopic (exact) mass is 244 g/mol. The molecule has 0 unspecified atom stereocenters. The Morgan fingerprint density at radius 3 is 2.59 bits per heavy atom. The molecule has 0 radical (unpaired) electrons. The number of hydrogen-bond acceptors (Lipinski definition) is 3. The molecule has 102 valence electrons. The second-order valence-electron chi connectivity index (χ2n) is 5.46. The minimum atomic E-state index is -0.386. The fourth-order valence-electron chi connectivity index (χ4n) is 1.66. The van der Waals surface area contributed by atoms with Crippen molar-refractivity contribution in [3.63, 3.8) is 0 Å². The molecule has 0 aromatic rings. The van der Waals surface area contributed by atoms with Crippen LogP contribution >= 0.6 is 0 Å². The highest BCUT2D eigenvalue weighted by atomic mass is 16.2. The van der Waals surface area contributed by atoms with E-state index >= 15 is 0 Å². The summed E-state index contributed by atoms with van der Waals surface area (Å²) < 4.78 is 0. The highest BCUT2D eigenvalue weighted by molar-refractivity contribution is 5.81. The van der Waals surface area contributed by atoms with Gasteiger partial charge in [-0.1, -0.05) is 33.6 Å². The molecule has 0 bridgehead atoms. The van der Waals surface area contributed by atoms with Crippen LogP contribution in [0.4, 0.5) is 0 Å². The van der Waals surface area contributed by atoms with Gasteiger partial charge in [0.1, 0.15) is 0 Å². The summed E-state index contributed by atoms with van der Waals surface area (Å²) >= 11 is 0. The van der Waals surface area contributed by atoms with Gasteiger partial charge in [-0.05, 0) is 24.7 Å². The van der Waals surface area contributed by atoms with E-state index in [1.807, 2.05) is 0 Å². The first-order chi connectivity index (χ1) is 7.93. The largest absolute Gasteiger partial charge is 0.396 e. The van der Waals surface area contributed by atoms with Crippen molar-refractivity contribution in [2.75, 3.05) is 13.2 Å². The molecule has 1 atom stereocenters. The van der Waals surface area contributed by atoms with Crippen LogP contribution in [0.1, 0.15) is 52.9 Å². The first kappa shape index (κ1) is 16.4. The topological polar surface area (TPSA) is 75.4 Å². The Labute approximate surface area is 105 Å². The Hall–Kier alpha value is -0.610. The fourth-order valence-corrected chi connectivity index (χ4v) is 1.66. The van der Waals surface area contributed by atoms with Crippen LogP contribution in [0.2, 0.25) is 0 Å². The predicted molar refractivity (Wildman–Crippen MR) is 70.6 cm³/mol. The maximum Gasteiger partial charge on any atom is 0.236 e. The van der Waals surface area contributed by atoms with Gasteiger partial charge >= 0.3 is 0 Å². The van der Waals surface area contributed by atoms with Crippen LogP contribution in [0, 0.1) is 5.41 Å². The Morgan fingerprint density at radius 2 is 2.06 bits per heavy atom. The second kappa shape index (κ2) is 8.48. The number of nitrogens with one attached hydrogen (secondary N) is 1. The van der Waals surface area contributed by atoms with Crippen LogP contribution in [-0.4, -0.2) is 30.2 Å². The third-order valence-electron chi connectivity index (χ3n) is 2.96. The standard InChI is InChI=1S/C13H28N2O2/c1-4-5-7-11(14)12(17)15-10-13(2,3)8-6-9-16/h11,16H,4-10,14H2,1-3H3,(H,15,17)/t11-/m0/s1. The average molecular weight is 244 g/mol. The molecular weight excluding hydrogens is 216 g/mol. The van der Waals surface area contributed by atoms with Crippen LogP contribution in [-0.2, 0) is 4.79 Å². The third-order valence-corrected chi connectivity index (χ3v) is 2.96. The van der Waals surface area contributed by atoms with Crippen LogP contribution in [0.15, 0.2) is 0 Å². The maximum absolute atomic E-state index is 11.7. The summed E-state index contributed by atoms with van der Waals surface area (Å²) in [5.41, 5.74) is 5.80. The molecular formula is C13H28N2O2. The van der Waals surface area contributed by atoms with E-state index in [1.165, 1.54) is 0 Å². The van der Waals surface area contributed by atoms with Gasteiger partial charge in [0.25, 0.3) is 0 Å². The predicted octanol–water partition coefficient (Wildman–Crippen LogP) is 1.42. The molecule has 4 heteroatoms. The average Bonchev–Trinajstić information content (AvgIpc) is 2.30. The van der Waals surface area contributed by atoms with Gasteiger partial charge in [0, 0.05) is 13.2 Å². The third kappa shape index (κ3) is 8.16. The van der Waals surface area contributed by atoms with Crippen molar-refractivity contribution in [3.05, 3.63) is 0 Å². The number of aliphatic hydroxyl groups is 1. The van der Waals surface area contributed by atoms with Gasteiger partial charge < -0.3 is 16.2 Å². The molecule has 0 aromatic carbocycles. The van der Waals surface area contributed by atoms with Crippen LogP contribution in [0.25, 0.3) is 0 Å². The van der Waals surface area contributed by atoms with Crippen molar-refractivity contribution in [1.29, 1.82) is 0 Å². The van der Waals surface area contributed by atoms with Crippen molar-refractivity contribution in [1.82, 2.24) is 5.32 Å². The van der Waals surface area contributed by atoms with Crippen molar-refractivity contribution in [2.45, 2.75) is 58.9 Å². The summed E-state index contributed by atoms with van der Waals surface area (Å²) in [7, 11) is 0. The van der Waals surface area contributed by atoms with Gasteiger partial charge in [-0.2, -0.15) is 0 Å². The number of amides is 1. The summed E-state index contributed by atoms with van der Waals surface area (Å²) in [4.78, 5) is 11.7. The molecule has 0 saturated carbocycles. The second-order valence-corrected chi connectivity index (χ2v) is 5.46. The zero-order chi connectivity index (χ0) is 13.3. The van der Waals surface area contributed by atoms with E-state index in [1.54, 1.807) is 0 Å². The van der Waals surface area contributed by atoms with Crippen molar-refractivity contribution in [2.24, 2.45) is 11.1 Å². The summed E-state index contributed by atoms with van der Waals surface area (Å²) in [5, 5.41) is 11.7. The molecule has 17 heavy (non-hydrogen) atoms. The number of rotatable bonds is 9. The number of aliphatic hydroxyl groups excluding tert-OH is 1. The Morgan fingerprint density at radius 1 is 1.41 bits per heavy atom. The lowest BCUT2D eigenvalue weighted by Crippen LogP contribution is -2.44. The Balaban J connectivity index is 3.88. The number of hydrogen-bond donors (Lipinski definition) is 3.